The molecule has 10 nitrogen and oxygen atoms in total. The van der Waals surface area contributed by atoms with E-state index in [1.165, 1.54) is 0 Å². The van der Waals surface area contributed by atoms with Gasteiger partial charge in [0.1, 0.15) is 6.04 Å². The van der Waals surface area contributed by atoms with Gasteiger partial charge in [0.05, 0.1) is 6.54 Å². The minimum absolute atomic E-state index is 0.0249. The van der Waals surface area contributed by atoms with Crippen LogP contribution in [-0.4, -0.2) is 43.9 Å². The average molecular weight is 361 g/mol. The van der Waals surface area contributed by atoms with Gasteiger partial charge in [0.2, 0.25) is 11.0 Å². The summed E-state index contributed by atoms with van der Waals surface area (Å²) in [5.41, 5.74) is 4.84. The third-order valence-electron chi connectivity index (χ3n) is 2.82. The number of aliphatic carboxylic acids is 1. The Bertz CT molecular complexity index is 724. The Balaban J connectivity index is 2.85. The number of nitrogens with one attached hydrogen (secondary N) is 2. The van der Waals surface area contributed by atoms with Crippen molar-refractivity contribution in [2.45, 2.75) is 31.4 Å². The maximum absolute atomic E-state index is 12.0. The van der Waals surface area contributed by atoms with Crippen molar-refractivity contribution >= 4 is 27.8 Å². The molecule has 1 aromatic heterocycles. The van der Waals surface area contributed by atoms with Gasteiger partial charge in [0, 0.05) is 0 Å². The van der Waals surface area contributed by atoms with Crippen LogP contribution in [0.3, 0.4) is 0 Å². The molecule has 1 rings (SSSR count). The van der Waals surface area contributed by atoms with E-state index >= 15 is 0 Å². The van der Waals surface area contributed by atoms with Crippen molar-refractivity contribution < 1.29 is 32.3 Å². The number of primary amides is 1. The van der Waals surface area contributed by atoms with E-state index in [1.54, 1.807) is 13.8 Å². The molecule has 1 aromatic rings. The highest BCUT2D eigenvalue weighted by Crippen LogP contribution is 2.14. The summed E-state index contributed by atoms with van der Waals surface area (Å²) in [6, 6.07) is 0.967. The maximum Gasteiger partial charge on any atom is 0.326 e. The van der Waals surface area contributed by atoms with Gasteiger partial charge in [-0.15, -0.1) is 0 Å². The SMILES string of the molecule is CC(C)C[C@@H](NC(=O)c1ccc(S(=O)(=O)NCC(N)=O)o1)C(=O)O. The summed E-state index contributed by atoms with van der Waals surface area (Å²) in [7, 11) is -4.15. The number of nitrogens with two attached hydrogens (primary N) is 1. The fraction of sp³-hybridized carbons (Fsp3) is 0.462. The van der Waals surface area contributed by atoms with Crippen LogP contribution in [0.4, 0.5) is 0 Å². The highest BCUT2D eigenvalue weighted by atomic mass is 32.2. The van der Waals surface area contributed by atoms with Crippen molar-refractivity contribution in [3.8, 4) is 0 Å². The van der Waals surface area contributed by atoms with Crippen molar-refractivity contribution in [3.63, 3.8) is 0 Å². The van der Waals surface area contributed by atoms with Crippen LogP contribution >= 0.6 is 0 Å². The van der Waals surface area contributed by atoms with Crippen LogP contribution in [-0.2, 0) is 19.6 Å². The second kappa shape index (κ2) is 7.93. The van der Waals surface area contributed by atoms with Gasteiger partial charge in [-0.25, -0.2) is 13.2 Å². The molecular weight excluding hydrogens is 342 g/mol. The summed E-state index contributed by atoms with van der Waals surface area (Å²) in [4.78, 5) is 33.7. The van der Waals surface area contributed by atoms with E-state index < -0.39 is 45.5 Å². The van der Waals surface area contributed by atoms with E-state index in [0.717, 1.165) is 12.1 Å². The highest BCUT2D eigenvalue weighted by Gasteiger charge is 2.25. The number of hydrogen-bond acceptors (Lipinski definition) is 6. The van der Waals surface area contributed by atoms with Crippen LogP contribution in [0, 0.1) is 5.92 Å². The number of carboxylic acid groups (broad SMARTS) is 1. The molecule has 0 aliphatic rings. The lowest BCUT2D eigenvalue weighted by Gasteiger charge is -2.15. The summed E-state index contributed by atoms with van der Waals surface area (Å²) >= 11 is 0. The second-order valence-electron chi connectivity index (χ2n) is 5.40. The van der Waals surface area contributed by atoms with Gasteiger partial charge in [-0.2, -0.15) is 4.72 Å². The molecule has 0 saturated heterocycles. The highest BCUT2D eigenvalue weighted by molar-refractivity contribution is 7.89. The first kappa shape index (κ1) is 19.6. The van der Waals surface area contributed by atoms with Crippen LogP contribution in [0.2, 0.25) is 0 Å². The largest absolute Gasteiger partial charge is 0.480 e. The van der Waals surface area contributed by atoms with E-state index in [2.05, 4.69) is 5.32 Å². The van der Waals surface area contributed by atoms with E-state index in [0.29, 0.717) is 0 Å². The molecule has 24 heavy (non-hydrogen) atoms. The van der Waals surface area contributed by atoms with Gasteiger partial charge < -0.3 is 20.6 Å². The van der Waals surface area contributed by atoms with E-state index in [4.69, 9.17) is 15.3 Å². The fourth-order valence-electron chi connectivity index (χ4n) is 1.75. The topological polar surface area (TPSA) is 169 Å². The van der Waals surface area contributed by atoms with Crippen LogP contribution in [0.15, 0.2) is 21.6 Å². The van der Waals surface area contributed by atoms with Crippen LogP contribution < -0.4 is 15.8 Å². The summed E-state index contributed by atoms with van der Waals surface area (Å²) in [5.74, 6) is -3.30. The fourth-order valence-corrected chi connectivity index (χ4v) is 2.67. The molecule has 5 N–H and O–H groups in total. The maximum atomic E-state index is 12.0. The minimum atomic E-state index is -4.15. The Kier molecular flexibility index (Phi) is 6.49. The molecule has 0 aliphatic carbocycles. The second-order valence-corrected chi connectivity index (χ2v) is 7.10. The van der Waals surface area contributed by atoms with E-state index in [-0.39, 0.29) is 18.1 Å². The molecule has 11 heteroatoms. The molecule has 134 valence electrons. The Hall–Kier alpha value is -2.40. The molecule has 0 unspecified atom stereocenters. The molecule has 2 amide bonds. The third-order valence-corrected chi connectivity index (χ3v) is 4.09. The molecule has 1 atom stereocenters. The van der Waals surface area contributed by atoms with Crippen molar-refractivity contribution in [3.05, 3.63) is 17.9 Å². The van der Waals surface area contributed by atoms with Crippen molar-refractivity contribution in [2.24, 2.45) is 11.7 Å². The molecule has 0 fully saturated rings. The van der Waals surface area contributed by atoms with Gasteiger partial charge in [-0.3, -0.25) is 9.59 Å². The Morgan fingerprint density at radius 2 is 1.92 bits per heavy atom. The van der Waals surface area contributed by atoms with Gasteiger partial charge in [0.15, 0.2) is 5.76 Å². The third kappa shape index (κ3) is 5.66. The number of hydrogen-bond donors (Lipinski definition) is 4. The van der Waals surface area contributed by atoms with Crippen LogP contribution in [0.5, 0.6) is 0 Å². The first-order valence-electron chi connectivity index (χ1n) is 6.94. The molecular formula is C13H19N3O7S. The molecule has 1 heterocycles. The van der Waals surface area contributed by atoms with E-state index in [9.17, 15) is 22.8 Å². The van der Waals surface area contributed by atoms with Crippen LogP contribution in [0.1, 0.15) is 30.8 Å². The smallest absolute Gasteiger partial charge is 0.326 e. The Labute approximate surface area is 138 Å². The number of carbonyl (C=O) groups is 3. The van der Waals surface area contributed by atoms with Crippen LogP contribution in [0.25, 0.3) is 0 Å². The number of rotatable bonds is 9. The number of carbonyl (C=O) groups excluding carboxylic acids is 2. The molecule has 0 spiro atoms. The zero-order chi connectivity index (χ0) is 18.5. The predicted octanol–water partition coefficient (Wildman–Crippen LogP) is -0.728. The number of amides is 2. The minimum Gasteiger partial charge on any atom is -0.480 e. The summed E-state index contributed by atoms with van der Waals surface area (Å²) in [6.07, 6.45) is 0.201. The monoisotopic (exact) mass is 361 g/mol. The lowest BCUT2D eigenvalue weighted by molar-refractivity contribution is -0.139. The first-order chi connectivity index (χ1) is 11.0. The number of furan rings is 1. The first-order valence-corrected chi connectivity index (χ1v) is 8.42. The molecule has 0 aliphatic heterocycles. The normalized spacial score (nSPS) is 12.8. The van der Waals surface area contributed by atoms with Crippen molar-refractivity contribution in [2.75, 3.05) is 6.54 Å². The molecule has 0 saturated carbocycles. The molecule has 0 radical (unpaired) electrons. The summed E-state index contributed by atoms with van der Waals surface area (Å²) in [6.45, 7) is 2.97. The lowest BCUT2D eigenvalue weighted by Crippen LogP contribution is -2.41. The standard InChI is InChI=1S/C13H19N3O7S/c1-7(2)5-8(13(19)20)16-12(18)9-3-4-11(23-9)24(21,22)15-6-10(14)17/h3-4,7-8,15H,5-6H2,1-2H3,(H2,14,17)(H,16,18)(H,19,20)/t8-/m1/s1. The van der Waals surface area contributed by atoms with Gasteiger partial charge in [-0.05, 0) is 24.5 Å². The lowest BCUT2D eigenvalue weighted by atomic mass is 10.0. The molecule has 0 bridgehead atoms. The van der Waals surface area contributed by atoms with Gasteiger partial charge in [0.25, 0.3) is 15.9 Å². The quantitative estimate of drug-likeness (QED) is 0.449. The average Bonchev–Trinajstić information content (AvgIpc) is 2.94. The Morgan fingerprint density at radius 3 is 2.42 bits per heavy atom. The summed E-state index contributed by atoms with van der Waals surface area (Å²) < 4.78 is 30.4. The van der Waals surface area contributed by atoms with E-state index in [1.807, 2.05) is 4.72 Å². The Morgan fingerprint density at radius 1 is 1.29 bits per heavy atom. The molecule has 0 aromatic carbocycles. The predicted molar refractivity (Wildman–Crippen MR) is 81.4 cm³/mol. The zero-order valence-electron chi connectivity index (χ0n) is 13.1. The number of carboxylic acids is 1. The number of sulfonamides is 1. The van der Waals surface area contributed by atoms with Gasteiger partial charge in [-0.1, -0.05) is 13.8 Å². The van der Waals surface area contributed by atoms with Crippen molar-refractivity contribution in [1.29, 1.82) is 0 Å². The summed E-state index contributed by atoms with van der Waals surface area (Å²) in [5, 5.41) is 10.7. The zero-order valence-corrected chi connectivity index (χ0v) is 13.9. The van der Waals surface area contributed by atoms with Crippen molar-refractivity contribution in [1.82, 2.24) is 10.0 Å². The van der Waals surface area contributed by atoms with Gasteiger partial charge >= 0.3 is 5.97 Å².